The highest BCUT2D eigenvalue weighted by Crippen LogP contribution is 2.09. The number of nitrogens with zero attached hydrogens (tertiary/aromatic N) is 1. The highest BCUT2D eigenvalue weighted by atomic mass is 16.5. The van der Waals surface area contributed by atoms with Crippen LogP contribution in [0, 0.1) is 6.92 Å². The van der Waals surface area contributed by atoms with Crippen LogP contribution in [0.4, 0.5) is 5.69 Å². The monoisotopic (exact) mass is 264 g/mol. The van der Waals surface area contributed by atoms with Gasteiger partial charge in [-0.3, -0.25) is 9.59 Å². The van der Waals surface area contributed by atoms with Gasteiger partial charge in [-0.2, -0.15) is 0 Å². The molecule has 0 bridgehead atoms. The molecule has 0 spiro atoms. The molecule has 104 valence electrons. The summed E-state index contributed by atoms with van der Waals surface area (Å²) in [6.07, 6.45) is -0.159. The van der Waals surface area contributed by atoms with Crippen LogP contribution in [0.25, 0.3) is 0 Å². The fourth-order valence-electron chi connectivity index (χ4n) is 1.55. The average molecular weight is 264 g/mol. The van der Waals surface area contributed by atoms with Crippen molar-refractivity contribution in [3.63, 3.8) is 0 Å². The van der Waals surface area contributed by atoms with Gasteiger partial charge in [-0.25, -0.2) is 0 Å². The van der Waals surface area contributed by atoms with Crippen LogP contribution in [-0.2, 0) is 14.3 Å². The van der Waals surface area contributed by atoms with Crippen LogP contribution in [0.3, 0.4) is 0 Å². The molecule has 5 heteroatoms. The van der Waals surface area contributed by atoms with E-state index < -0.39 is 0 Å². The molecule has 0 saturated carbocycles. The molecule has 0 fully saturated rings. The number of hydrogen-bond donors (Lipinski definition) is 1. The van der Waals surface area contributed by atoms with Gasteiger partial charge in [0.15, 0.2) is 0 Å². The molecule has 0 aromatic heterocycles. The molecule has 1 rings (SSSR count). The Morgan fingerprint density at radius 1 is 1.37 bits per heavy atom. The number of methoxy groups -OCH3 is 1. The smallest absolute Gasteiger partial charge is 0.233 e. The summed E-state index contributed by atoms with van der Waals surface area (Å²) < 4.78 is 4.88. The number of aryl methyl sites for hydroxylation is 1. The lowest BCUT2D eigenvalue weighted by atomic mass is 10.2. The van der Waals surface area contributed by atoms with E-state index in [1.807, 2.05) is 25.1 Å². The molecule has 0 heterocycles. The van der Waals surface area contributed by atoms with Crippen LogP contribution >= 0.6 is 0 Å². The topological polar surface area (TPSA) is 58.6 Å². The molecule has 0 unspecified atom stereocenters. The van der Waals surface area contributed by atoms with E-state index in [1.54, 1.807) is 20.2 Å². The molecule has 0 saturated heterocycles. The number of amides is 2. The van der Waals surface area contributed by atoms with Gasteiger partial charge in [0.05, 0.1) is 6.61 Å². The van der Waals surface area contributed by atoms with E-state index in [4.69, 9.17) is 4.74 Å². The normalized spacial score (nSPS) is 10.1. The molecule has 0 radical (unpaired) electrons. The maximum Gasteiger partial charge on any atom is 0.233 e. The maximum atomic E-state index is 11.7. The van der Waals surface area contributed by atoms with Gasteiger partial charge < -0.3 is 15.0 Å². The lowest BCUT2D eigenvalue weighted by Gasteiger charge is -2.16. The zero-order valence-corrected chi connectivity index (χ0v) is 11.6. The van der Waals surface area contributed by atoms with E-state index in [9.17, 15) is 9.59 Å². The molecule has 0 atom stereocenters. The summed E-state index contributed by atoms with van der Waals surface area (Å²) in [5, 5.41) is 2.71. The Morgan fingerprint density at radius 3 is 2.74 bits per heavy atom. The van der Waals surface area contributed by atoms with Gasteiger partial charge >= 0.3 is 0 Å². The van der Waals surface area contributed by atoms with Crippen molar-refractivity contribution in [1.29, 1.82) is 0 Å². The maximum absolute atomic E-state index is 11.7. The number of hydrogen-bond acceptors (Lipinski definition) is 3. The summed E-state index contributed by atoms with van der Waals surface area (Å²) in [7, 11) is 3.23. The second-order valence-electron chi connectivity index (χ2n) is 4.40. The number of nitrogens with one attached hydrogen (secondary N) is 1. The minimum Gasteiger partial charge on any atom is -0.383 e. The second-order valence-corrected chi connectivity index (χ2v) is 4.40. The van der Waals surface area contributed by atoms with E-state index >= 15 is 0 Å². The van der Waals surface area contributed by atoms with E-state index in [0.717, 1.165) is 5.56 Å². The first-order valence-corrected chi connectivity index (χ1v) is 6.12. The predicted molar refractivity (Wildman–Crippen MR) is 73.9 cm³/mol. The van der Waals surface area contributed by atoms with Gasteiger partial charge in [0.2, 0.25) is 11.8 Å². The zero-order valence-electron chi connectivity index (χ0n) is 11.6. The van der Waals surface area contributed by atoms with Crippen LogP contribution in [0.1, 0.15) is 12.0 Å². The van der Waals surface area contributed by atoms with Gasteiger partial charge in [0, 0.05) is 26.4 Å². The fourth-order valence-corrected chi connectivity index (χ4v) is 1.55. The molecule has 0 aliphatic heterocycles. The van der Waals surface area contributed by atoms with Crippen molar-refractivity contribution in [3.8, 4) is 0 Å². The Balaban J connectivity index is 2.44. The summed E-state index contributed by atoms with van der Waals surface area (Å²) in [4.78, 5) is 24.9. The average Bonchev–Trinajstić information content (AvgIpc) is 2.35. The molecule has 1 aromatic carbocycles. The van der Waals surface area contributed by atoms with Crippen LogP contribution < -0.4 is 5.32 Å². The number of carbonyl (C=O) groups excluding carboxylic acids is 2. The molecule has 1 N–H and O–H groups in total. The third-order valence-electron chi connectivity index (χ3n) is 2.67. The van der Waals surface area contributed by atoms with Crippen LogP contribution in [0.15, 0.2) is 24.3 Å². The Morgan fingerprint density at radius 2 is 2.11 bits per heavy atom. The predicted octanol–water partition coefficient (Wildman–Crippen LogP) is 1.43. The number of ether oxygens (including phenoxy) is 1. The lowest BCUT2D eigenvalue weighted by molar-refractivity contribution is -0.134. The van der Waals surface area contributed by atoms with Crippen molar-refractivity contribution >= 4 is 17.5 Å². The summed E-state index contributed by atoms with van der Waals surface area (Å²) in [5.41, 5.74) is 1.76. The number of likely N-dealkylation sites (N-methyl/N-ethyl adjacent to an activating group) is 1. The van der Waals surface area contributed by atoms with E-state index in [-0.39, 0.29) is 18.2 Å². The van der Waals surface area contributed by atoms with E-state index in [2.05, 4.69) is 5.32 Å². The van der Waals surface area contributed by atoms with Crippen molar-refractivity contribution in [2.24, 2.45) is 0 Å². The van der Waals surface area contributed by atoms with Crippen LogP contribution in [0.2, 0.25) is 0 Å². The summed E-state index contributed by atoms with van der Waals surface area (Å²) in [5.74, 6) is -0.526. The Labute approximate surface area is 113 Å². The number of benzene rings is 1. The van der Waals surface area contributed by atoms with Crippen LogP contribution in [-0.4, -0.2) is 44.0 Å². The largest absolute Gasteiger partial charge is 0.383 e. The molecular weight excluding hydrogens is 244 g/mol. The third-order valence-corrected chi connectivity index (χ3v) is 2.67. The second kappa shape index (κ2) is 7.53. The molecule has 1 aromatic rings. The Kier molecular flexibility index (Phi) is 6.02. The van der Waals surface area contributed by atoms with Crippen molar-refractivity contribution in [3.05, 3.63) is 29.8 Å². The highest BCUT2D eigenvalue weighted by Gasteiger charge is 2.13. The third kappa shape index (κ3) is 5.52. The molecule has 19 heavy (non-hydrogen) atoms. The van der Waals surface area contributed by atoms with Gasteiger partial charge in [0.1, 0.15) is 6.42 Å². The Bertz CT molecular complexity index is 446. The van der Waals surface area contributed by atoms with Crippen molar-refractivity contribution in [1.82, 2.24) is 4.90 Å². The molecule has 0 aliphatic carbocycles. The van der Waals surface area contributed by atoms with E-state index in [1.165, 1.54) is 4.90 Å². The zero-order chi connectivity index (χ0) is 14.3. The minimum absolute atomic E-state index is 0.159. The summed E-state index contributed by atoms with van der Waals surface area (Å²) in [6, 6.07) is 7.46. The molecule has 0 aliphatic rings. The molecule has 5 nitrogen and oxygen atoms in total. The SMILES string of the molecule is COCCN(C)C(=O)CC(=O)Nc1cccc(C)c1. The van der Waals surface area contributed by atoms with Gasteiger partial charge in [-0.15, -0.1) is 0 Å². The van der Waals surface area contributed by atoms with Gasteiger partial charge in [0.25, 0.3) is 0 Å². The first-order valence-electron chi connectivity index (χ1n) is 6.12. The summed E-state index contributed by atoms with van der Waals surface area (Å²) in [6.45, 7) is 2.88. The first kappa shape index (κ1) is 15.2. The van der Waals surface area contributed by atoms with Crippen molar-refractivity contribution in [2.45, 2.75) is 13.3 Å². The highest BCUT2D eigenvalue weighted by molar-refractivity contribution is 6.03. The summed E-state index contributed by atoms with van der Waals surface area (Å²) >= 11 is 0. The lowest BCUT2D eigenvalue weighted by Crippen LogP contribution is -2.32. The van der Waals surface area contributed by atoms with E-state index in [0.29, 0.717) is 18.8 Å². The quantitative estimate of drug-likeness (QED) is 0.791. The van der Waals surface area contributed by atoms with Gasteiger partial charge in [-0.1, -0.05) is 12.1 Å². The minimum atomic E-state index is -0.306. The standard InChI is InChI=1S/C14H20N2O3/c1-11-5-4-6-12(9-11)15-13(17)10-14(18)16(2)7-8-19-3/h4-6,9H,7-8,10H2,1-3H3,(H,15,17). The van der Waals surface area contributed by atoms with Crippen LogP contribution in [0.5, 0.6) is 0 Å². The van der Waals surface area contributed by atoms with Crippen molar-refractivity contribution in [2.75, 3.05) is 32.6 Å². The fraction of sp³-hybridized carbons (Fsp3) is 0.429. The van der Waals surface area contributed by atoms with Crippen molar-refractivity contribution < 1.29 is 14.3 Å². The Hall–Kier alpha value is -1.88. The number of carbonyl (C=O) groups is 2. The first-order chi connectivity index (χ1) is 9.02. The number of rotatable bonds is 6. The molecule has 2 amide bonds. The van der Waals surface area contributed by atoms with Gasteiger partial charge in [-0.05, 0) is 24.6 Å². The number of anilines is 1. The molecular formula is C14H20N2O3.